The maximum absolute atomic E-state index is 9.50. The number of rotatable bonds is 8. The van der Waals surface area contributed by atoms with Crippen LogP contribution in [0.4, 0.5) is 0 Å². The fourth-order valence-electron chi connectivity index (χ4n) is 3.59. The molecule has 0 bridgehead atoms. The fraction of sp³-hybridized carbons (Fsp3) is 0.364. The van der Waals surface area contributed by atoms with Crippen molar-refractivity contribution in [3.8, 4) is 11.7 Å². The van der Waals surface area contributed by atoms with E-state index in [0.717, 1.165) is 37.2 Å². The summed E-state index contributed by atoms with van der Waals surface area (Å²) in [7, 11) is 0. The average Bonchev–Trinajstić information content (AvgIpc) is 3.41. The van der Waals surface area contributed by atoms with Crippen LogP contribution in [-0.4, -0.2) is 49.5 Å². The third kappa shape index (κ3) is 4.99. The maximum Gasteiger partial charge on any atom is 0.221 e. The average molecular weight is 429 g/mol. The number of halogens is 1. The van der Waals surface area contributed by atoms with Crippen molar-refractivity contribution in [2.45, 2.75) is 32.2 Å². The molecule has 1 aliphatic heterocycles. The highest BCUT2D eigenvalue weighted by molar-refractivity contribution is 6.30. The van der Waals surface area contributed by atoms with Gasteiger partial charge in [-0.3, -0.25) is 0 Å². The monoisotopic (exact) mass is 428 g/mol. The first-order chi connectivity index (χ1) is 14.6. The molecule has 1 saturated heterocycles. The zero-order chi connectivity index (χ0) is 20.9. The van der Waals surface area contributed by atoms with Crippen LogP contribution in [0.5, 0.6) is 5.88 Å². The van der Waals surface area contributed by atoms with E-state index in [2.05, 4.69) is 15.0 Å². The smallest absolute Gasteiger partial charge is 0.221 e. The lowest BCUT2D eigenvalue weighted by Gasteiger charge is -2.15. The molecule has 0 spiro atoms. The molecule has 158 valence electrons. The van der Waals surface area contributed by atoms with Crippen molar-refractivity contribution >= 4 is 11.6 Å². The van der Waals surface area contributed by atoms with E-state index >= 15 is 0 Å². The Kier molecular flexibility index (Phi) is 6.64. The van der Waals surface area contributed by atoms with Crippen LogP contribution in [-0.2, 0) is 13.0 Å². The van der Waals surface area contributed by atoms with Crippen molar-refractivity contribution in [2.24, 2.45) is 0 Å². The number of benzene rings is 1. The van der Waals surface area contributed by atoms with E-state index in [1.165, 1.54) is 19.0 Å². The molecular weight excluding hydrogens is 404 g/mol. The van der Waals surface area contributed by atoms with Gasteiger partial charge in [0, 0.05) is 28.9 Å². The minimum Gasteiger partial charge on any atom is -0.472 e. The molecule has 8 heteroatoms. The molecule has 7 nitrogen and oxygen atoms in total. The lowest BCUT2D eigenvalue weighted by molar-refractivity contribution is -0.0425. The van der Waals surface area contributed by atoms with Crippen molar-refractivity contribution in [1.82, 2.24) is 19.7 Å². The van der Waals surface area contributed by atoms with Gasteiger partial charge in [0.25, 0.3) is 0 Å². The van der Waals surface area contributed by atoms with Crippen LogP contribution in [0.15, 0.2) is 48.8 Å². The van der Waals surface area contributed by atoms with Gasteiger partial charge in [-0.25, -0.2) is 4.98 Å². The van der Waals surface area contributed by atoms with Crippen LogP contribution < -0.4 is 4.74 Å². The van der Waals surface area contributed by atoms with Crippen molar-refractivity contribution in [1.29, 1.82) is 0 Å². The summed E-state index contributed by atoms with van der Waals surface area (Å²) >= 11 is 5.98. The molecule has 2 aromatic heterocycles. The Labute approximate surface area is 180 Å². The van der Waals surface area contributed by atoms with Crippen molar-refractivity contribution < 1.29 is 14.9 Å². The topological polar surface area (TPSA) is 83.6 Å². The van der Waals surface area contributed by atoms with Gasteiger partial charge in [-0.05, 0) is 62.2 Å². The molecular formula is C22H25ClN4O3. The van der Waals surface area contributed by atoms with E-state index < -0.39 is 6.29 Å². The Morgan fingerprint density at radius 3 is 2.60 bits per heavy atom. The number of pyridine rings is 1. The summed E-state index contributed by atoms with van der Waals surface area (Å²) in [4.78, 5) is 6.79. The van der Waals surface area contributed by atoms with Crippen molar-refractivity contribution in [3.63, 3.8) is 0 Å². The summed E-state index contributed by atoms with van der Waals surface area (Å²) in [6, 6.07) is 10.7. The number of hydrogen-bond acceptors (Lipinski definition) is 6. The van der Waals surface area contributed by atoms with Gasteiger partial charge in [-0.15, -0.1) is 0 Å². The van der Waals surface area contributed by atoms with E-state index in [9.17, 15) is 10.2 Å². The molecule has 3 heterocycles. The van der Waals surface area contributed by atoms with Gasteiger partial charge in [0.1, 0.15) is 6.61 Å². The zero-order valence-electron chi connectivity index (χ0n) is 16.6. The minimum atomic E-state index is -1.57. The molecule has 4 rings (SSSR count). The first-order valence-electron chi connectivity index (χ1n) is 10.1. The van der Waals surface area contributed by atoms with Crippen molar-refractivity contribution in [2.75, 3.05) is 19.6 Å². The number of aromatic nitrogens is 3. The largest absolute Gasteiger partial charge is 0.472 e. The second kappa shape index (κ2) is 9.57. The SMILES string of the molecule is OC(O)c1ccnc(-n2ncc(CCN3CCCC3)c2OCc2ccc(Cl)cc2)c1. The van der Waals surface area contributed by atoms with Gasteiger partial charge in [0.15, 0.2) is 12.1 Å². The number of aliphatic hydroxyl groups is 2. The van der Waals surface area contributed by atoms with Gasteiger partial charge in [0.2, 0.25) is 5.88 Å². The second-order valence-electron chi connectivity index (χ2n) is 7.42. The molecule has 0 aliphatic carbocycles. The van der Waals surface area contributed by atoms with Crippen molar-refractivity contribution in [3.05, 3.63) is 70.5 Å². The predicted molar refractivity (Wildman–Crippen MR) is 114 cm³/mol. The standard InChI is InChI=1S/C22H25ClN4O3/c23-19-5-3-16(4-6-19)15-30-21-18(8-12-26-10-1-2-11-26)14-25-27(21)20-13-17(22(28)29)7-9-24-20/h3-7,9,13-14,22,28-29H,1-2,8,10-12,15H2. The Morgan fingerprint density at radius 2 is 1.87 bits per heavy atom. The number of ether oxygens (including phenoxy) is 1. The predicted octanol–water partition coefficient (Wildman–Crippen LogP) is 3.12. The lowest BCUT2D eigenvalue weighted by Crippen LogP contribution is -2.22. The van der Waals surface area contributed by atoms with E-state index in [1.54, 1.807) is 23.0 Å². The third-order valence-electron chi connectivity index (χ3n) is 5.27. The van der Waals surface area contributed by atoms with Crippen LogP contribution in [0.2, 0.25) is 5.02 Å². The van der Waals surface area contributed by atoms with E-state index in [0.29, 0.717) is 28.9 Å². The molecule has 2 N–H and O–H groups in total. The summed E-state index contributed by atoms with van der Waals surface area (Å²) in [5, 5.41) is 24.2. The van der Waals surface area contributed by atoms with Crippen LogP contribution >= 0.6 is 11.6 Å². The molecule has 0 radical (unpaired) electrons. The number of likely N-dealkylation sites (tertiary alicyclic amines) is 1. The molecule has 0 atom stereocenters. The van der Waals surface area contributed by atoms with E-state index in [4.69, 9.17) is 16.3 Å². The summed E-state index contributed by atoms with van der Waals surface area (Å²) in [6.45, 7) is 3.58. The number of hydrogen-bond donors (Lipinski definition) is 2. The number of aliphatic hydroxyl groups excluding tert-OH is 1. The summed E-state index contributed by atoms with van der Waals surface area (Å²) in [5.41, 5.74) is 2.33. The van der Waals surface area contributed by atoms with Crippen LogP contribution in [0.25, 0.3) is 5.82 Å². The van der Waals surface area contributed by atoms with Crippen LogP contribution in [0, 0.1) is 0 Å². The first kappa shape index (κ1) is 20.8. The normalized spacial score (nSPS) is 14.5. The second-order valence-corrected chi connectivity index (χ2v) is 7.86. The molecule has 1 aliphatic rings. The molecule has 1 aromatic carbocycles. The Balaban J connectivity index is 1.59. The fourth-order valence-corrected chi connectivity index (χ4v) is 3.71. The highest BCUT2D eigenvalue weighted by Crippen LogP contribution is 2.25. The number of nitrogens with zero attached hydrogens (tertiary/aromatic N) is 4. The Hall–Kier alpha value is -2.45. The Bertz CT molecular complexity index is 969. The lowest BCUT2D eigenvalue weighted by atomic mass is 10.2. The van der Waals surface area contributed by atoms with E-state index in [1.807, 2.05) is 24.3 Å². The van der Waals surface area contributed by atoms with Gasteiger partial charge in [0.05, 0.1) is 6.20 Å². The molecule has 30 heavy (non-hydrogen) atoms. The molecule has 0 amide bonds. The molecule has 1 fully saturated rings. The zero-order valence-corrected chi connectivity index (χ0v) is 17.4. The maximum atomic E-state index is 9.50. The van der Waals surface area contributed by atoms with Gasteiger partial charge >= 0.3 is 0 Å². The first-order valence-corrected chi connectivity index (χ1v) is 10.5. The Morgan fingerprint density at radius 1 is 1.10 bits per heavy atom. The van der Waals surface area contributed by atoms with E-state index in [-0.39, 0.29) is 0 Å². The summed E-state index contributed by atoms with van der Waals surface area (Å²) < 4.78 is 7.79. The van der Waals surface area contributed by atoms with Gasteiger partial charge in [-0.1, -0.05) is 23.7 Å². The highest BCUT2D eigenvalue weighted by Gasteiger charge is 2.18. The van der Waals surface area contributed by atoms with Crippen LogP contribution in [0.3, 0.4) is 0 Å². The molecule has 0 saturated carbocycles. The minimum absolute atomic E-state index is 0.345. The summed E-state index contributed by atoms with van der Waals surface area (Å²) in [5.74, 6) is 1.08. The third-order valence-corrected chi connectivity index (χ3v) is 5.52. The highest BCUT2D eigenvalue weighted by atomic mass is 35.5. The molecule has 3 aromatic rings. The van der Waals surface area contributed by atoms with Crippen LogP contribution in [0.1, 0.15) is 35.8 Å². The van der Waals surface area contributed by atoms with Gasteiger partial charge < -0.3 is 19.8 Å². The molecule has 0 unspecified atom stereocenters. The summed E-state index contributed by atoms with van der Waals surface area (Å²) in [6.07, 6.45) is 5.07. The van der Waals surface area contributed by atoms with Gasteiger partial charge in [-0.2, -0.15) is 9.78 Å². The quantitative estimate of drug-likeness (QED) is 0.536.